The van der Waals surface area contributed by atoms with Crippen LogP contribution in [0.1, 0.15) is 57.3 Å². The highest BCUT2D eigenvalue weighted by atomic mass is 16.6. The van der Waals surface area contributed by atoms with Crippen LogP contribution < -0.4 is 11.1 Å². The summed E-state index contributed by atoms with van der Waals surface area (Å²) in [6, 6.07) is 2.16. The zero-order chi connectivity index (χ0) is 21.1. The number of likely N-dealkylation sites (tertiary alicyclic amines) is 1. The topological polar surface area (TPSA) is 143 Å². The average molecular weight is 390 g/mol. The van der Waals surface area contributed by atoms with E-state index in [-0.39, 0.29) is 23.7 Å². The second-order valence-electron chi connectivity index (χ2n) is 7.91. The number of hydrogen-bond acceptors (Lipinski definition) is 6. The first kappa shape index (κ1) is 21.2. The molecular formula is C18H26N6O4. The minimum atomic E-state index is -0.728. The van der Waals surface area contributed by atoms with Gasteiger partial charge < -0.3 is 20.7 Å². The van der Waals surface area contributed by atoms with Gasteiger partial charge in [-0.15, -0.1) is 0 Å². The Morgan fingerprint density at radius 3 is 2.43 bits per heavy atom. The average Bonchev–Trinajstić information content (AvgIpc) is 2.98. The lowest BCUT2D eigenvalue weighted by molar-refractivity contribution is -0.114. The van der Waals surface area contributed by atoms with E-state index in [1.165, 1.54) is 17.8 Å². The van der Waals surface area contributed by atoms with Crippen LogP contribution in [0, 0.1) is 11.3 Å². The Morgan fingerprint density at radius 2 is 1.96 bits per heavy atom. The molecule has 0 bridgehead atoms. The molecule has 0 radical (unpaired) electrons. The molecule has 0 spiro atoms. The van der Waals surface area contributed by atoms with E-state index in [1.54, 1.807) is 25.7 Å². The number of piperidine rings is 1. The van der Waals surface area contributed by atoms with Crippen LogP contribution in [-0.4, -0.2) is 51.3 Å². The predicted octanol–water partition coefficient (Wildman–Crippen LogP) is 1.58. The van der Waals surface area contributed by atoms with Gasteiger partial charge in [0.05, 0.1) is 18.0 Å². The maximum atomic E-state index is 12.3. The van der Waals surface area contributed by atoms with Gasteiger partial charge in [-0.2, -0.15) is 10.4 Å². The molecular weight excluding hydrogens is 364 g/mol. The van der Waals surface area contributed by atoms with Crippen LogP contribution in [0.25, 0.3) is 0 Å². The van der Waals surface area contributed by atoms with Crippen molar-refractivity contribution in [1.82, 2.24) is 14.7 Å². The molecule has 1 aromatic rings. The Kier molecular flexibility index (Phi) is 5.97. The van der Waals surface area contributed by atoms with Crippen molar-refractivity contribution in [1.29, 1.82) is 5.26 Å². The molecule has 1 aliphatic heterocycles. The highest BCUT2D eigenvalue weighted by molar-refractivity contribution is 6.01. The van der Waals surface area contributed by atoms with Crippen molar-refractivity contribution >= 4 is 23.7 Å². The first-order valence-electron chi connectivity index (χ1n) is 9.00. The van der Waals surface area contributed by atoms with Crippen molar-refractivity contribution in [2.24, 2.45) is 5.73 Å². The van der Waals surface area contributed by atoms with E-state index >= 15 is 0 Å². The number of carbonyl (C=O) groups excluding carboxylic acids is 3. The van der Waals surface area contributed by atoms with Gasteiger partial charge in [-0.3, -0.25) is 14.3 Å². The van der Waals surface area contributed by atoms with E-state index in [1.807, 2.05) is 0 Å². The number of ether oxygens (including phenoxy) is 1. The molecule has 0 unspecified atom stereocenters. The number of rotatable bonds is 4. The fraction of sp³-hybridized carbons (Fsp3) is 0.611. The SMILES string of the molecule is CC(=O)Nc1nn(C2(CC#N)CCN(C(=O)OC(C)(C)C)CC2)cc1C(N)=O. The molecule has 0 saturated carbocycles. The van der Waals surface area contributed by atoms with Crippen molar-refractivity contribution in [3.63, 3.8) is 0 Å². The number of carbonyl (C=O) groups is 3. The lowest BCUT2D eigenvalue weighted by Gasteiger charge is -2.40. The molecule has 3 N–H and O–H groups in total. The molecule has 2 heterocycles. The van der Waals surface area contributed by atoms with Crippen molar-refractivity contribution in [3.8, 4) is 6.07 Å². The Labute approximate surface area is 163 Å². The van der Waals surface area contributed by atoms with Gasteiger partial charge in [0, 0.05) is 26.2 Å². The van der Waals surface area contributed by atoms with Crippen molar-refractivity contribution in [2.75, 3.05) is 18.4 Å². The summed E-state index contributed by atoms with van der Waals surface area (Å²) in [6.45, 7) is 7.44. The monoisotopic (exact) mass is 390 g/mol. The molecule has 1 fully saturated rings. The summed E-state index contributed by atoms with van der Waals surface area (Å²) >= 11 is 0. The Balaban J connectivity index is 2.27. The lowest BCUT2D eigenvalue weighted by atomic mass is 9.85. The number of nitrogens with zero attached hydrogens (tertiary/aromatic N) is 4. The van der Waals surface area contributed by atoms with E-state index in [9.17, 15) is 19.6 Å². The number of aromatic nitrogens is 2. The predicted molar refractivity (Wildman–Crippen MR) is 100 cm³/mol. The summed E-state index contributed by atoms with van der Waals surface area (Å²) in [7, 11) is 0. The summed E-state index contributed by atoms with van der Waals surface area (Å²) in [4.78, 5) is 37.0. The first-order valence-corrected chi connectivity index (χ1v) is 9.00. The number of nitrogens with two attached hydrogens (primary N) is 1. The third kappa shape index (κ3) is 4.79. The van der Waals surface area contributed by atoms with Gasteiger partial charge in [0.2, 0.25) is 5.91 Å². The number of nitrogens with one attached hydrogen (secondary N) is 1. The third-order valence-corrected chi connectivity index (χ3v) is 4.51. The van der Waals surface area contributed by atoms with E-state index in [4.69, 9.17) is 10.5 Å². The number of nitriles is 1. The fourth-order valence-corrected chi connectivity index (χ4v) is 3.12. The van der Waals surface area contributed by atoms with Gasteiger partial charge in [-0.25, -0.2) is 4.79 Å². The number of amides is 3. The van der Waals surface area contributed by atoms with Crippen LogP contribution in [0.3, 0.4) is 0 Å². The van der Waals surface area contributed by atoms with Crippen LogP contribution in [0.2, 0.25) is 0 Å². The zero-order valence-corrected chi connectivity index (χ0v) is 16.6. The van der Waals surface area contributed by atoms with Gasteiger partial charge >= 0.3 is 6.09 Å². The minimum absolute atomic E-state index is 0.0619. The van der Waals surface area contributed by atoms with E-state index in [2.05, 4.69) is 16.5 Å². The second-order valence-corrected chi connectivity index (χ2v) is 7.91. The second kappa shape index (κ2) is 7.88. The van der Waals surface area contributed by atoms with Gasteiger partial charge in [0.25, 0.3) is 5.91 Å². The largest absolute Gasteiger partial charge is 0.444 e. The summed E-state index contributed by atoms with van der Waals surface area (Å²) in [5.74, 6) is -1.05. The molecule has 1 aromatic heterocycles. The molecule has 2 rings (SSSR count). The quantitative estimate of drug-likeness (QED) is 0.799. The van der Waals surface area contributed by atoms with Crippen molar-refractivity contribution in [2.45, 2.75) is 58.1 Å². The fourth-order valence-electron chi connectivity index (χ4n) is 3.12. The van der Waals surface area contributed by atoms with Crippen LogP contribution in [0.4, 0.5) is 10.6 Å². The van der Waals surface area contributed by atoms with E-state index in [0.29, 0.717) is 25.9 Å². The normalized spacial score (nSPS) is 16.2. The van der Waals surface area contributed by atoms with Gasteiger partial charge in [-0.1, -0.05) is 0 Å². The highest BCUT2D eigenvalue weighted by Gasteiger charge is 2.40. The number of hydrogen-bond donors (Lipinski definition) is 2. The van der Waals surface area contributed by atoms with Crippen LogP contribution >= 0.6 is 0 Å². The van der Waals surface area contributed by atoms with Crippen molar-refractivity contribution in [3.05, 3.63) is 11.8 Å². The molecule has 10 heteroatoms. The molecule has 28 heavy (non-hydrogen) atoms. The molecule has 1 aliphatic rings. The Hall–Kier alpha value is -3.09. The van der Waals surface area contributed by atoms with Gasteiger partial charge in [0.1, 0.15) is 11.2 Å². The zero-order valence-electron chi connectivity index (χ0n) is 16.6. The van der Waals surface area contributed by atoms with Crippen LogP contribution in [0.15, 0.2) is 6.20 Å². The minimum Gasteiger partial charge on any atom is -0.444 e. The lowest BCUT2D eigenvalue weighted by Crippen LogP contribution is -2.49. The molecule has 152 valence electrons. The Bertz CT molecular complexity index is 809. The van der Waals surface area contributed by atoms with Crippen LogP contribution in [-0.2, 0) is 15.1 Å². The molecule has 10 nitrogen and oxygen atoms in total. The van der Waals surface area contributed by atoms with Crippen LogP contribution in [0.5, 0.6) is 0 Å². The molecule has 0 atom stereocenters. The van der Waals surface area contributed by atoms with E-state index < -0.39 is 23.1 Å². The summed E-state index contributed by atoms with van der Waals surface area (Å²) in [6.07, 6.45) is 2.07. The number of anilines is 1. The summed E-state index contributed by atoms with van der Waals surface area (Å²) in [5.41, 5.74) is 4.16. The maximum absolute atomic E-state index is 12.3. The molecule has 1 saturated heterocycles. The van der Waals surface area contributed by atoms with Crippen molar-refractivity contribution < 1.29 is 19.1 Å². The molecule has 0 aromatic carbocycles. The maximum Gasteiger partial charge on any atom is 0.410 e. The molecule has 0 aliphatic carbocycles. The highest BCUT2D eigenvalue weighted by Crippen LogP contribution is 2.35. The summed E-state index contributed by atoms with van der Waals surface area (Å²) < 4.78 is 6.92. The number of primary amides is 1. The Morgan fingerprint density at radius 1 is 1.36 bits per heavy atom. The summed E-state index contributed by atoms with van der Waals surface area (Å²) in [5, 5.41) is 16.1. The molecule has 3 amide bonds. The standard InChI is InChI=1S/C18H26N6O4/c1-12(25)21-15-13(14(20)26)11-24(22-15)18(5-8-19)6-9-23(10-7-18)16(27)28-17(2,3)4/h11H,5-7,9-10H2,1-4H3,(H2,20,26)(H,21,22,25). The van der Waals surface area contributed by atoms with Gasteiger partial charge in [-0.05, 0) is 33.6 Å². The smallest absolute Gasteiger partial charge is 0.410 e. The first-order chi connectivity index (χ1) is 13.0. The van der Waals surface area contributed by atoms with E-state index in [0.717, 1.165) is 0 Å². The third-order valence-electron chi connectivity index (χ3n) is 4.51. The van der Waals surface area contributed by atoms with Gasteiger partial charge in [0.15, 0.2) is 5.82 Å².